The Balaban J connectivity index is 1.96. The van der Waals surface area contributed by atoms with Crippen LogP contribution in [0.5, 0.6) is 0 Å². The Morgan fingerprint density at radius 1 is 0.952 bits per heavy atom. The highest BCUT2D eigenvalue weighted by molar-refractivity contribution is 5.26. The topological polar surface area (TPSA) is 12.0 Å². The number of alkyl halides is 3. The molecule has 5 heteroatoms. The van der Waals surface area contributed by atoms with Crippen LogP contribution in [0.2, 0.25) is 0 Å². The lowest BCUT2D eigenvalue weighted by Crippen LogP contribution is -2.14. The summed E-state index contributed by atoms with van der Waals surface area (Å²) in [5.74, 6) is -0.284. The molecular formula is C16H15F4N. The van der Waals surface area contributed by atoms with E-state index in [-0.39, 0.29) is 5.82 Å². The van der Waals surface area contributed by atoms with E-state index < -0.39 is 11.7 Å². The highest BCUT2D eigenvalue weighted by Gasteiger charge is 2.30. The first-order valence-corrected chi connectivity index (χ1v) is 6.48. The van der Waals surface area contributed by atoms with Crippen molar-refractivity contribution in [3.63, 3.8) is 0 Å². The van der Waals surface area contributed by atoms with E-state index in [2.05, 4.69) is 5.32 Å². The number of hydrogen-bond donors (Lipinski definition) is 1. The van der Waals surface area contributed by atoms with Gasteiger partial charge in [0.1, 0.15) is 5.82 Å². The van der Waals surface area contributed by atoms with Gasteiger partial charge in [0.05, 0.1) is 5.56 Å². The van der Waals surface area contributed by atoms with Crippen molar-refractivity contribution in [3.05, 3.63) is 70.5 Å². The summed E-state index contributed by atoms with van der Waals surface area (Å²) >= 11 is 0. The third-order valence-corrected chi connectivity index (χ3v) is 3.15. The largest absolute Gasteiger partial charge is 0.416 e. The van der Waals surface area contributed by atoms with Gasteiger partial charge in [0.25, 0.3) is 0 Å². The van der Waals surface area contributed by atoms with Crippen LogP contribution >= 0.6 is 0 Å². The Morgan fingerprint density at radius 3 is 2.24 bits per heavy atom. The molecule has 2 aromatic carbocycles. The second kappa shape index (κ2) is 6.26. The van der Waals surface area contributed by atoms with E-state index in [9.17, 15) is 17.6 Å². The number of aryl methyl sites for hydroxylation is 1. The van der Waals surface area contributed by atoms with E-state index in [1.165, 1.54) is 12.1 Å². The average molecular weight is 297 g/mol. The van der Waals surface area contributed by atoms with Crippen LogP contribution in [0.3, 0.4) is 0 Å². The van der Waals surface area contributed by atoms with Crippen molar-refractivity contribution >= 4 is 0 Å². The van der Waals surface area contributed by atoms with Crippen LogP contribution < -0.4 is 5.32 Å². The van der Waals surface area contributed by atoms with Crippen LogP contribution in [-0.4, -0.2) is 0 Å². The van der Waals surface area contributed by atoms with Gasteiger partial charge in [-0.15, -0.1) is 0 Å². The number of hydrogen-bond acceptors (Lipinski definition) is 1. The lowest BCUT2D eigenvalue weighted by Gasteiger charge is -2.10. The minimum Gasteiger partial charge on any atom is -0.309 e. The van der Waals surface area contributed by atoms with Gasteiger partial charge in [-0.2, -0.15) is 13.2 Å². The van der Waals surface area contributed by atoms with E-state index in [1.54, 1.807) is 25.1 Å². The Labute approximate surface area is 120 Å². The number of nitrogens with one attached hydrogen (secondary N) is 1. The molecule has 2 rings (SSSR count). The van der Waals surface area contributed by atoms with Gasteiger partial charge >= 0.3 is 6.18 Å². The van der Waals surface area contributed by atoms with Gasteiger partial charge in [-0.05, 0) is 35.7 Å². The fourth-order valence-corrected chi connectivity index (χ4v) is 1.96. The molecule has 1 N–H and O–H groups in total. The van der Waals surface area contributed by atoms with Crippen molar-refractivity contribution in [2.24, 2.45) is 0 Å². The second-order valence-corrected chi connectivity index (χ2v) is 4.89. The molecule has 0 aliphatic carbocycles. The van der Waals surface area contributed by atoms with Crippen LogP contribution in [0.15, 0.2) is 42.5 Å². The molecule has 0 unspecified atom stereocenters. The molecule has 2 aromatic rings. The standard InChI is InChI=1S/C16H15F4N/c1-11-5-6-13(8-15(11)17)10-21-9-12-3-2-4-14(7-12)16(18,19)20/h2-8,21H,9-10H2,1H3. The number of benzene rings is 2. The summed E-state index contributed by atoms with van der Waals surface area (Å²) in [5, 5.41) is 3.01. The first-order chi connectivity index (χ1) is 9.86. The lowest BCUT2D eigenvalue weighted by atomic mass is 10.1. The smallest absolute Gasteiger partial charge is 0.309 e. The van der Waals surface area contributed by atoms with Crippen molar-refractivity contribution in [2.75, 3.05) is 0 Å². The number of rotatable bonds is 4. The molecular weight excluding hydrogens is 282 g/mol. The van der Waals surface area contributed by atoms with Crippen LogP contribution in [0.1, 0.15) is 22.3 Å². The van der Waals surface area contributed by atoms with Gasteiger partial charge in [-0.25, -0.2) is 4.39 Å². The van der Waals surface area contributed by atoms with E-state index in [1.807, 2.05) is 0 Å². The van der Waals surface area contributed by atoms with Gasteiger partial charge in [0.15, 0.2) is 0 Å². The molecule has 0 bridgehead atoms. The molecule has 0 fully saturated rings. The van der Waals surface area contributed by atoms with Crippen molar-refractivity contribution in [2.45, 2.75) is 26.2 Å². The summed E-state index contributed by atoms with van der Waals surface area (Å²) in [7, 11) is 0. The van der Waals surface area contributed by atoms with E-state index in [0.717, 1.165) is 17.7 Å². The molecule has 0 aliphatic heterocycles. The van der Waals surface area contributed by atoms with Crippen LogP contribution in [0, 0.1) is 12.7 Å². The number of halogens is 4. The summed E-state index contributed by atoms with van der Waals surface area (Å²) in [5.41, 5.74) is 1.20. The first-order valence-electron chi connectivity index (χ1n) is 6.48. The minimum atomic E-state index is -4.34. The third-order valence-electron chi connectivity index (χ3n) is 3.15. The fraction of sp³-hybridized carbons (Fsp3) is 0.250. The van der Waals surface area contributed by atoms with Crippen molar-refractivity contribution < 1.29 is 17.6 Å². The molecule has 112 valence electrons. The molecule has 0 atom stereocenters. The zero-order chi connectivity index (χ0) is 15.5. The third kappa shape index (κ3) is 4.29. The van der Waals surface area contributed by atoms with Crippen molar-refractivity contribution in [1.82, 2.24) is 5.32 Å². The highest BCUT2D eigenvalue weighted by Crippen LogP contribution is 2.29. The van der Waals surface area contributed by atoms with Gasteiger partial charge in [-0.3, -0.25) is 0 Å². The van der Waals surface area contributed by atoms with Crippen LogP contribution in [0.4, 0.5) is 17.6 Å². The summed E-state index contributed by atoms with van der Waals surface area (Å²) in [6, 6.07) is 10.0. The molecule has 1 nitrogen and oxygen atoms in total. The van der Waals surface area contributed by atoms with Crippen molar-refractivity contribution in [1.29, 1.82) is 0 Å². The normalized spacial score (nSPS) is 11.7. The molecule has 0 saturated heterocycles. The highest BCUT2D eigenvalue weighted by atomic mass is 19.4. The molecule has 0 spiro atoms. The van der Waals surface area contributed by atoms with E-state index >= 15 is 0 Å². The predicted octanol–water partition coefficient (Wildman–Crippen LogP) is 4.44. The maximum absolute atomic E-state index is 13.4. The van der Waals surface area contributed by atoms with Crippen molar-refractivity contribution in [3.8, 4) is 0 Å². The van der Waals surface area contributed by atoms with E-state index in [0.29, 0.717) is 24.2 Å². The monoisotopic (exact) mass is 297 g/mol. The summed E-state index contributed by atoms with van der Waals surface area (Å²) < 4.78 is 51.1. The first kappa shape index (κ1) is 15.5. The molecule has 0 aromatic heterocycles. The van der Waals surface area contributed by atoms with Crippen LogP contribution in [0.25, 0.3) is 0 Å². The predicted molar refractivity (Wildman–Crippen MR) is 73.1 cm³/mol. The molecule has 0 radical (unpaired) electrons. The Hall–Kier alpha value is -1.88. The van der Waals surface area contributed by atoms with Gasteiger partial charge in [0, 0.05) is 13.1 Å². The van der Waals surface area contributed by atoms with E-state index in [4.69, 9.17) is 0 Å². The maximum atomic E-state index is 13.4. The SMILES string of the molecule is Cc1ccc(CNCc2cccc(C(F)(F)F)c2)cc1F. The van der Waals surface area contributed by atoms with Gasteiger partial charge in [-0.1, -0.05) is 30.3 Å². The van der Waals surface area contributed by atoms with Gasteiger partial charge < -0.3 is 5.32 Å². The molecule has 21 heavy (non-hydrogen) atoms. The maximum Gasteiger partial charge on any atom is 0.416 e. The Morgan fingerprint density at radius 2 is 1.62 bits per heavy atom. The Kier molecular flexibility index (Phi) is 4.63. The average Bonchev–Trinajstić information content (AvgIpc) is 2.42. The zero-order valence-corrected chi connectivity index (χ0v) is 11.5. The quantitative estimate of drug-likeness (QED) is 0.823. The zero-order valence-electron chi connectivity index (χ0n) is 11.5. The summed E-state index contributed by atoms with van der Waals surface area (Å²) in [6.07, 6.45) is -4.34. The lowest BCUT2D eigenvalue weighted by molar-refractivity contribution is -0.137. The summed E-state index contributed by atoms with van der Waals surface area (Å²) in [4.78, 5) is 0. The fourth-order valence-electron chi connectivity index (χ4n) is 1.96. The Bertz CT molecular complexity index is 620. The second-order valence-electron chi connectivity index (χ2n) is 4.89. The molecule has 0 heterocycles. The van der Waals surface area contributed by atoms with Crippen LogP contribution in [-0.2, 0) is 19.3 Å². The molecule has 0 amide bonds. The molecule has 0 saturated carbocycles. The molecule has 0 aliphatic rings. The summed E-state index contributed by atoms with van der Waals surface area (Å²) in [6.45, 7) is 2.36. The van der Waals surface area contributed by atoms with Gasteiger partial charge in [0.2, 0.25) is 0 Å². The minimum absolute atomic E-state index is 0.284.